The van der Waals surface area contributed by atoms with Gasteiger partial charge in [-0.1, -0.05) is 20.9 Å². The van der Waals surface area contributed by atoms with Crippen LogP contribution in [0.1, 0.15) is 101 Å². The molecule has 4 aromatic carbocycles. The third-order valence-corrected chi connectivity index (χ3v) is 24.8. The average Bonchev–Trinajstić information content (AvgIpc) is 1.69. The normalized spacial score (nSPS) is 14.8. The summed E-state index contributed by atoms with van der Waals surface area (Å²) in [6.45, 7) is 21.6. The molecule has 8 aliphatic heterocycles. The SMILES string of the molecule is C.C.COCCOc1cc2c(cc1OC)CN(c1nccc(C(=O)Nc3cnccc3N3CCNCC3)n1)C2.COCCOc1cc2c(cc1OCCOC)CN(c1nccc(C(=O)Nc3cnccc3N3CCNCC3)n1)C2.COc1cc2c(cc1O)CN(c1nccc(C(=O)Nc3cnccc3N3CCNCC3)n1)C2.COc1ccc2c(c1)CN(c1nccc(C(=O)Nc3cnccc3N3CCNCC3)n1)C2. The molecule has 12 aromatic rings. The predicted octanol–water partition coefficient (Wildman–Crippen LogP) is 9.29. The van der Waals surface area contributed by atoms with E-state index in [-0.39, 0.29) is 61.3 Å². The Morgan fingerprint density at radius 2 is 0.562 bits per heavy atom. The molecule has 0 atom stereocenters. The number of methoxy groups -OCH3 is 6. The number of fused-ring (bicyclic) bond motifs is 4. The summed E-state index contributed by atoms with van der Waals surface area (Å²) in [5.41, 5.74) is 16.4. The van der Waals surface area contributed by atoms with Gasteiger partial charge in [-0.25, -0.2) is 39.9 Å². The number of hydrogen-bond acceptors (Lipinski definition) is 38. The summed E-state index contributed by atoms with van der Waals surface area (Å²) in [5.74, 6) is 4.73. The molecule has 0 saturated carbocycles. The summed E-state index contributed by atoms with van der Waals surface area (Å²) in [5, 5.41) is 35.4. The molecule has 4 amide bonds. The minimum Gasteiger partial charge on any atom is -0.504 e. The molecule has 756 valence electrons. The van der Waals surface area contributed by atoms with Gasteiger partial charge in [0.15, 0.2) is 34.5 Å². The smallest absolute Gasteiger partial charge is 0.274 e. The van der Waals surface area contributed by atoms with Crippen molar-refractivity contribution >= 4 is 92.9 Å². The maximum Gasteiger partial charge on any atom is 0.274 e. The minimum absolute atomic E-state index is 0. The van der Waals surface area contributed by atoms with Crippen molar-refractivity contribution in [2.24, 2.45) is 0 Å². The monoisotopic (exact) mass is 1960 g/mol. The summed E-state index contributed by atoms with van der Waals surface area (Å²) in [6, 6.07) is 31.7. The van der Waals surface area contributed by atoms with E-state index in [0.717, 1.165) is 167 Å². The fourth-order valence-corrected chi connectivity index (χ4v) is 17.6. The lowest BCUT2D eigenvalue weighted by Gasteiger charge is -2.30. The zero-order chi connectivity index (χ0) is 98.1. The van der Waals surface area contributed by atoms with Gasteiger partial charge in [-0.05, 0) is 142 Å². The van der Waals surface area contributed by atoms with Gasteiger partial charge in [-0.2, -0.15) is 0 Å². The fourth-order valence-electron chi connectivity index (χ4n) is 17.6. The second kappa shape index (κ2) is 50.2. The number of nitrogens with zero attached hydrogens (tertiary/aromatic N) is 20. The number of amides is 4. The number of phenolic OH excluding ortho intramolecular Hbond substituents is 1. The topological polar surface area (TPSA) is 448 Å². The van der Waals surface area contributed by atoms with Gasteiger partial charge in [0, 0.05) is 228 Å². The van der Waals surface area contributed by atoms with Crippen LogP contribution in [0, 0.1) is 0 Å². The summed E-state index contributed by atoms with van der Waals surface area (Å²) < 4.78 is 49.1. The number of hydrogen-bond donors (Lipinski definition) is 9. The highest BCUT2D eigenvalue weighted by atomic mass is 16.6. The van der Waals surface area contributed by atoms with Crippen molar-refractivity contribution in [2.75, 3.05) is 247 Å². The van der Waals surface area contributed by atoms with Crippen LogP contribution in [-0.2, 0) is 66.6 Å². The Morgan fingerprint density at radius 1 is 0.299 bits per heavy atom. The first-order valence-electron chi connectivity index (χ1n) is 47.1. The van der Waals surface area contributed by atoms with E-state index < -0.39 is 0 Å². The molecule has 0 bridgehead atoms. The molecule has 4 fully saturated rings. The summed E-state index contributed by atoms with van der Waals surface area (Å²) >= 11 is 0. The van der Waals surface area contributed by atoms with Gasteiger partial charge >= 0.3 is 0 Å². The van der Waals surface area contributed by atoms with Crippen molar-refractivity contribution in [3.8, 4) is 40.2 Å². The quantitative estimate of drug-likeness (QED) is 0.0183. The number of piperazine rings is 4. The molecule has 0 unspecified atom stereocenters. The van der Waals surface area contributed by atoms with Crippen molar-refractivity contribution in [3.05, 3.63) is 245 Å². The summed E-state index contributed by atoms with van der Waals surface area (Å²) in [4.78, 5) is 122. The van der Waals surface area contributed by atoms with Crippen LogP contribution in [0.25, 0.3) is 0 Å². The number of phenols is 1. The minimum atomic E-state index is -0.320. The van der Waals surface area contributed by atoms with Crippen molar-refractivity contribution < 1.29 is 66.9 Å². The van der Waals surface area contributed by atoms with Crippen LogP contribution in [0.2, 0.25) is 0 Å². The van der Waals surface area contributed by atoms with Crippen LogP contribution in [-0.4, -0.2) is 276 Å². The standard InChI is InChI=1S/C28H35N7O5.C26H31N7O4.C23H25N7O3.C23H25N7O2.2CH4/c1-37-11-13-39-25-15-20-18-35(19-21(20)16-26(25)40-14-12-38-2)28-31-6-3-22(33-28)27(36)32-23-17-30-5-4-24(23)34-9-7-29-8-10-34;1-35-11-12-37-24-14-19-17-33(16-18(19)13-23(24)36-2)26-29-6-3-20(31-26)25(34)30-21-15-28-5-4-22(21)32-9-7-27-8-10-32;1-33-21-11-16-14-30(13-15(16)10-20(21)31)23-26-5-2-17(28-23)22(32)27-18-12-25-4-3-19(18)29-8-6-24-7-9-29;1-32-18-3-2-16-14-30(15-17(16)12-18)23-26-7-4-19(28-23)22(31)27-20-13-25-6-5-21(20)29-10-8-24-9-11-29;;/h3-6,15-17,29H,7-14,18-19H2,1-2H3,(H,32,36);3-6,13-15,27H,7-12,16-17H2,1-2H3,(H,30,34);2-5,10-12,24,31H,6-9,13-14H2,1H3,(H,27,32);2-7,12-13,24H,8-11,14-15H2,1H3,(H,27,31);2*1H4. The molecule has 8 aliphatic rings. The van der Waals surface area contributed by atoms with Crippen LogP contribution in [0.4, 0.5) is 69.3 Å². The third kappa shape index (κ3) is 25.6. The Hall–Kier alpha value is -15.6. The molecular weight excluding hydrogens is 1840 g/mol. The number of pyridine rings is 4. The summed E-state index contributed by atoms with van der Waals surface area (Å²) in [7, 11) is 9.72. The molecule has 0 radical (unpaired) electrons. The number of rotatable bonds is 31. The molecule has 0 spiro atoms. The Morgan fingerprint density at radius 3 is 0.847 bits per heavy atom. The van der Waals surface area contributed by atoms with E-state index in [1.165, 1.54) is 18.2 Å². The van der Waals surface area contributed by atoms with E-state index in [1.54, 1.807) is 140 Å². The first kappa shape index (κ1) is 103. The van der Waals surface area contributed by atoms with Gasteiger partial charge in [0.25, 0.3) is 23.6 Å². The van der Waals surface area contributed by atoms with E-state index in [2.05, 4.69) is 133 Å². The number of aromatic nitrogens is 12. The number of benzene rings is 4. The molecule has 9 N–H and O–H groups in total. The fraction of sp³-hybridized carbons (Fsp3) is 0.373. The van der Waals surface area contributed by atoms with Crippen LogP contribution in [0.5, 0.6) is 40.2 Å². The molecule has 16 heterocycles. The van der Waals surface area contributed by atoms with Gasteiger partial charge in [-0.3, -0.25) is 39.1 Å². The zero-order valence-corrected chi connectivity index (χ0v) is 80.2. The van der Waals surface area contributed by atoms with Gasteiger partial charge in [0.1, 0.15) is 48.3 Å². The Labute approximate surface area is 836 Å². The van der Waals surface area contributed by atoms with Crippen LogP contribution in [0.15, 0.2) is 177 Å². The number of anilines is 12. The molecule has 42 heteroatoms. The highest BCUT2D eigenvalue weighted by Gasteiger charge is 2.32. The maximum absolute atomic E-state index is 13.2. The van der Waals surface area contributed by atoms with Crippen molar-refractivity contribution in [3.63, 3.8) is 0 Å². The van der Waals surface area contributed by atoms with Gasteiger partial charge in [0.2, 0.25) is 23.8 Å². The number of ether oxygens (including phenoxy) is 9. The van der Waals surface area contributed by atoms with Crippen molar-refractivity contribution in [2.45, 2.75) is 67.2 Å². The number of aromatic hydroxyl groups is 1. The molecule has 20 rings (SSSR count). The molecule has 0 aliphatic carbocycles. The van der Waals surface area contributed by atoms with Gasteiger partial charge in [0.05, 0.1) is 111 Å². The molecule has 42 nitrogen and oxygen atoms in total. The highest BCUT2D eigenvalue weighted by molar-refractivity contribution is 6.07. The lowest BCUT2D eigenvalue weighted by atomic mass is 10.1. The second-order valence-corrected chi connectivity index (χ2v) is 34.0. The lowest BCUT2D eigenvalue weighted by molar-refractivity contribution is 0.101. The van der Waals surface area contributed by atoms with E-state index in [9.17, 15) is 24.3 Å². The number of carbonyl (C=O) groups is 4. The Balaban J connectivity index is 0.000000144. The van der Waals surface area contributed by atoms with Crippen molar-refractivity contribution in [1.82, 2.24) is 81.1 Å². The molecule has 144 heavy (non-hydrogen) atoms. The second-order valence-electron chi connectivity index (χ2n) is 34.0. The zero-order valence-electron chi connectivity index (χ0n) is 80.2. The Kier molecular flexibility index (Phi) is 35.8. The number of carbonyl (C=O) groups excluding carboxylic acids is 4. The van der Waals surface area contributed by atoms with Crippen LogP contribution >= 0.6 is 0 Å². The maximum atomic E-state index is 13.2. The first-order valence-corrected chi connectivity index (χ1v) is 47.1. The van der Waals surface area contributed by atoms with E-state index in [1.807, 2.05) is 81.4 Å². The van der Waals surface area contributed by atoms with Gasteiger partial charge in [-0.15, -0.1) is 0 Å². The van der Waals surface area contributed by atoms with Crippen LogP contribution < -0.4 is 110 Å². The predicted molar refractivity (Wildman–Crippen MR) is 549 cm³/mol. The first-order chi connectivity index (χ1) is 69.6. The molecular formula is C102H124N28O14. The van der Waals surface area contributed by atoms with E-state index in [4.69, 9.17) is 42.6 Å². The van der Waals surface area contributed by atoms with Crippen molar-refractivity contribution in [1.29, 1.82) is 0 Å². The van der Waals surface area contributed by atoms with E-state index >= 15 is 0 Å². The highest BCUT2D eigenvalue weighted by Crippen LogP contribution is 2.42. The number of nitrogens with one attached hydrogen (secondary N) is 8. The summed E-state index contributed by atoms with van der Waals surface area (Å²) in [6.07, 6.45) is 20.1. The Bertz CT molecular complexity index is 6330. The van der Waals surface area contributed by atoms with Crippen LogP contribution in [0.3, 0.4) is 0 Å². The van der Waals surface area contributed by atoms with Gasteiger partial charge < -0.3 is 129 Å². The third-order valence-electron chi connectivity index (χ3n) is 24.8. The molecule has 4 saturated heterocycles. The largest absolute Gasteiger partial charge is 0.504 e. The van der Waals surface area contributed by atoms with E-state index in [0.29, 0.717) is 173 Å². The average molecular weight is 1970 g/mol. The lowest BCUT2D eigenvalue weighted by Crippen LogP contribution is -2.43. The molecule has 8 aromatic heterocycles.